The highest BCUT2D eigenvalue weighted by molar-refractivity contribution is 6.51. The molecule has 18 heavy (non-hydrogen) atoms. The number of benzene rings is 2. The maximum Gasteiger partial charge on any atom is 0.296 e. The number of rotatable bonds is 0. The quantitative estimate of drug-likeness (QED) is 0.695. The number of fused-ring (bicyclic) bond motifs is 1. The van der Waals surface area contributed by atoms with Crippen LogP contribution < -0.4 is 5.32 Å². The van der Waals surface area contributed by atoms with E-state index in [1.54, 1.807) is 48.5 Å². The van der Waals surface area contributed by atoms with Crippen molar-refractivity contribution in [2.24, 2.45) is 0 Å². The fourth-order valence-corrected chi connectivity index (χ4v) is 1.52. The first kappa shape index (κ1) is 11.9. The second kappa shape index (κ2) is 5.14. The lowest BCUT2D eigenvalue weighted by Crippen LogP contribution is -2.12. The van der Waals surface area contributed by atoms with Crippen LogP contribution >= 0.6 is 0 Å². The van der Waals surface area contributed by atoms with Crippen molar-refractivity contribution in [1.82, 2.24) is 0 Å². The molecule has 4 heteroatoms. The Morgan fingerprint density at radius 1 is 0.833 bits per heavy atom. The summed E-state index contributed by atoms with van der Waals surface area (Å²) < 4.78 is 0. The Morgan fingerprint density at radius 2 is 1.44 bits per heavy atom. The van der Waals surface area contributed by atoms with Crippen LogP contribution in [0.2, 0.25) is 0 Å². The van der Waals surface area contributed by atoms with Gasteiger partial charge in [-0.3, -0.25) is 9.59 Å². The second-order valence-corrected chi connectivity index (χ2v) is 3.66. The highest BCUT2D eigenvalue weighted by atomic mass is 16.3. The molecule has 1 aliphatic rings. The Hall–Kier alpha value is -2.62. The molecule has 2 N–H and O–H groups in total. The van der Waals surface area contributed by atoms with Crippen molar-refractivity contribution in [3.8, 4) is 5.75 Å². The first-order valence-corrected chi connectivity index (χ1v) is 5.37. The SMILES string of the molecule is O=C1Nc2ccccc2C1=O.Oc1ccccc1. The van der Waals surface area contributed by atoms with Gasteiger partial charge in [0.2, 0.25) is 0 Å². The molecule has 2 aromatic carbocycles. The van der Waals surface area contributed by atoms with Crippen LogP contribution in [0, 0.1) is 0 Å². The lowest BCUT2D eigenvalue weighted by Gasteiger charge is -1.91. The van der Waals surface area contributed by atoms with Gasteiger partial charge in [-0.2, -0.15) is 0 Å². The molecule has 0 bridgehead atoms. The average molecular weight is 241 g/mol. The molecule has 2 aromatic rings. The predicted molar refractivity (Wildman–Crippen MR) is 67.5 cm³/mol. The number of carbonyl (C=O) groups excluding carboxylic acids is 2. The van der Waals surface area contributed by atoms with Gasteiger partial charge in [0, 0.05) is 0 Å². The third-order valence-corrected chi connectivity index (χ3v) is 2.38. The van der Waals surface area contributed by atoms with Crippen molar-refractivity contribution in [2.75, 3.05) is 5.32 Å². The van der Waals surface area contributed by atoms with E-state index in [4.69, 9.17) is 5.11 Å². The number of nitrogens with one attached hydrogen (secondary N) is 1. The third-order valence-electron chi connectivity index (χ3n) is 2.38. The van der Waals surface area contributed by atoms with Gasteiger partial charge >= 0.3 is 0 Å². The van der Waals surface area contributed by atoms with Gasteiger partial charge in [0.25, 0.3) is 11.7 Å². The molecule has 0 radical (unpaired) electrons. The van der Waals surface area contributed by atoms with Crippen LogP contribution in [0.5, 0.6) is 5.75 Å². The maximum absolute atomic E-state index is 11.0. The number of para-hydroxylation sites is 2. The van der Waals surface area contributed by atoms with Crippen LogP contribution in [0.4, 0.5) is 5.69 Å². The number of anilines is 1. The number of Topliss-reactive ketones (excluding diaryl/α,β-unsaturated/α-hetero) is 1. The summed E-state index contributed by atoms with van der Waals surface area (Å²) in [6.07, 6.45) is 0. The van der Waals surface area contributed by atoms with Crippen LogP contribution in [0.15, 0.2) is 54.6 Å². The third kappa shape index (κ3) is 2.55. The van der Waals surface area contributed by atoms with Crippen molar-refractivity contribution in [3.05, 3.63) is 60.2 Å². The summed E-state index contributed by atoms with van der Waals surface area (Å²) in [7, 11) is 0. The summed E-state index contributed by atoms with van der Waals surface area (Å²) in [4.78, 5) is 21.8. The molecule has 0 fully saturated rings. The van der Waals surface area contributed by atoms with E-state index in [0.29, 0.717) is 17.0 Å². The fourth-order valence-electron chi connectivity index (χ4n) is 1.52. The van der Waals surface area contributed by atoms with Crippen molar-refractivity contribution in [2.45, 2.75) is 0 Å². The van der Waals surface area contributed by atoms with Gasteiger partial charge in [-0.1, -0.05) is 30.3 Å². The minimum atomic E-state index is -0.536. The summed E-state index contributed by atoms with van der Waals surface area (Å²) in [5.74, 6) is -0.658. The van der Waals surface area contributed by atoms with E-state index in [1.807, 2.05) is 6.07 Å². The summed E-state index contributed by atoms with van der Waals surface area (Å²) in [5, 5.41) is 11.1. The smallest absolute Gasteiger partial charge is 0.296 e. The molecule has 1 amide bonds. The van der Waals surface area contributed by atoms with E-state index in [-0.39, 0.29) is 0 Å². The number of aromatic hydroxyl groups is 1. The zero-order chi connectivity index (χ0) is 13.0. The van der Waals surface area contributed by atoms with Gasteiger partial charge in [-0.25, -0.2) is 0 Å². The molecule has 3 rings (SSSR count). The van der Waals surface area contributed by atoms with Crippen molar-refractivity contribution < 1.29 is 14.7 Å². The standard InChI is InChI=1S/C8H5NO2.C6H6O/c10-7-5-3-1-2-4-6(5)9-8(7)11;7-6-4-2-1-3-5-6/h1-4H,(H,9,10,11);1-5,7H. The van der Waals surface area contributed by atoms with Crippen LogP contribution in [0.3, 0.4) is 0 Å². The highest BCUT2D eigenvalue weighted by Crippen LogP contribution is 2.21. The number of amides is 1. The molecular formula is C14H11NO3. The second-order valence-electron chi connectivity index (χ2n) is 3.66. The molecule has 0 aromatic heterocycles. The van der Waals surface area contributed by atoms with E-state index in [1.165, 1.54) is 0 Å². The monoisotopic (exact) mass is 241 g/mol. The summed E-state index contributed by atoms with van der Waals surface area (Å²) in [6, 6.07) is 15.6. The first-order valence-electron chi connectivity index (χ1n) is 5.37. The maximum atomic E-state index is 11.0. The number of carbonyl (C=O) groups is 2. The minimum Gasteiger partial charge on any atom is -0.508 e. The zero-order valence-corrected chi connectivity index (χ0v) is 9.46. The summed E-state index contributed by atoms with van der Waals surface area (Å²) in [5.41, 5.74) is 1.08. The number of ketones is 1. The van der Waals surface area contributed by atoms with Gasteiger partial charge in [-0.15, -0.1) is 0 Å². The topological polar surface area (TPSA) is 66.4 Å². The van der Waals surface area contributed by atoms with Gasteiger partial charge in [-0.05, 0) is 24.3 Å². The van der Waals surface area contributed by atoms with Gasteiger partial charge < -0.3 is 10.4 Å². The average Bonchev–Trinajstić information content (AvgIpc) is 2.68. The normalized spacial score (nSPS) is 12.2. The van der Waals surface area contributed by atoms with Gasteiger partial charge in [0.15, 0.2) is 0 Å². The van der Waals surface area contributed by atoms with E-state index < -0.39 is 11.7 Å². The lowest BCUT2D eigenvalue weighted by molar-refractivity contribution is -0.112. The van der Waals surface area contributed by atoms with E-state index in [0.717, 1.165) is 0 Å². The van der Waals surface area contributed by atoms with Crippen molar-refractivity contribution in [3.63, 3.8) is 0 Å². The largest absolute Gasteiger partial charge is 0.508 e. The predicted octanol–water partition coefficient (Wildman–Crippen LogP) is 2.21. The van der Waals surface area contributed by atoms with Crippen LogP contribution in [-0.2, 0) is 4.79 Å². The molecule has 0 saturated heterocycles. The first-order chi connectivity index (χ1) is 8.68. The summed E-state index contributed by atoms with van der Waals surface area (Å²) >= 11 is 0. The number of hydrogen-bond acceptors (Lipinski definition) is 3. The van der Waals surface area contributed by atoms with Crippen LogP contribution in [-0.4, -0.2) is 16.8 Å². The lowest BCUT2D eigenvalue weighted by atomic mass is 10.1. The molecular weight excluding hydrogens is 230 g/mol. The number of hydrogen-bond donors (Lipinski definition) is 2. The van der Waals surface area contributed by atoms with E-state index in [2.05, 4.69) is 5.32 Å². The van der Waals surface area contributed by atoms with Crippen molar-refractivity contribution in [1.29, 1.82) is 0 Å². The highest BCUT2D eigenvalue weighted by Gasteiger charge is 2.26. The summed E-state index contributed by atoms with van der Waals surface area (Å²) in [6.45, 7) is 0. The number of phenols is 1. The Labute approximate surface area is 104 Å². The Bertz CT molecular complexity index is 579. The molecule has 0 aliphatic carbocycles. The molecule has 1 aliphatic heterocycles. The Kier molecular flexibility index (Phi) is 3.38. The molecule has 0 atom stereocenters. The fraction of sp³-hybridized carbons (Fsp3) is 0. The zero-order valence-electron chi connectivity index (χ0n) is 9.46. The Morgan fingerprint density at radius 3 is 2.00 bits per heavy atom. The van der Waals surface area contributed by atoms with Crippen LogP contribution in [0.1, 0.15) is 10.4 Å². The molecule has 1 heterocycles. The van der Waals surface area contributed by atoms with Gasteiger partial charge in [0.1, 0.15) is 5.75 Å². The minimum absolute atomic E-state index is 0.322. The Balaban J connectivity index is 0.000000149. The van der Waals surface area contributed by atoms with E-state index in [9.17, 15) is 9.59 Å². The molecule has 0 saturated carbocycles. The van der Waals surface area contributed by atoms with Crippen LogP contribution in [0.25, 0.3) is 0 Å². The molecule has 0 spiro atoms. The van der Waals surface area contributed by atoms with Gasteiger partial charge in [0.05, 0.1) is 11.3 Å². The van der Waals surface area contributed by atoms with Crippen molar-refractivity contribution >= 4 is 17.4 Å². The molecule has 4 nitrogen and oxygen atoms in total. The number of phenolic OH excluding ortho intramolecular Hbond substituents is 1. The molecule has 0 unspecified atom stereocenters. The molecule has 90 valence electrons. The van der Waals surface area contributed by atoms with E-state index >= 15 is 0 Å².